The fourth-order valence-electron chi connectivity index (χ4n) is 2.35. The SMILES string of the molecule is O=C(Cn1ccc2ccc(Br)cc21)N1CCSCC1. The molecule has 0 unspecified atom stereocenters. The molecule has 100 valence electrons. The number of hydrogen-bond acceptors (Lipinski definition) is 2. The fraction of sp³-hybridized carbons (Fsp3) is 0.357. The van der Waals surface area contributed by atoms with E-state index in [9.17, 15) is 4.79 Å². The number of carbonyl (C=O) groups is 1. The Kier molecular flexibility index (Phi) is 3.84. The van der Waals surface area contributed by atoms with Crippen LogP contribution in [0.2, 0.25) is 0 Å². The van der Waals surface area contributed by atoms with Gasteiger partial charge in [0.25, 0.3) is 0 Å². The zero-order chi connectivity index (χ0) is 13.2. The van der Waals surface area contributed by atoms with Crippen molar-refractivity contribution < 1.29 is 4.79 Å². The first-order chi connectivity index (χ1) is 9.24. The monoisotopic (exact) mass is 338 g/mol. The number of rotatable bonds is 2. The first-order valence-corrected chi connectivity index (χ1v) is 8.29. The van der Waals surface area contributed by atoms with Crippen LogP contribution in [-0.4, -0.2) is 40.0 Å². The van der Waals surface area contributed by atoms with E-state index >= 15 is 0 Å². The zero-order valence-electron chi connectivity index (χ0n) is 10.5. The van der Waals surface area contributed by atoms with Crippen LogP contribution in [-0.2, 0) is 11.3 Å². The van der Waals surface area contributed by atoms with Crippen LogP contribution in [0.25, 0.3) is 10.9 Å². The Morgan fingerprint density at radius 2 is 2.05 bits per heavy atom. The lowest BCUT2D eigenvalue weighted by atomic mass is 10.2. The van der Waals surface area contributed by atoms with Crippen LogP contribution in [0.3, 0.4) is 0 Å². The quantitative estimate of drug-likeness (QED) is 0.841. The summed E-state index contributed by atoms with van der Waals surface area (Å²) in [7, 11) is 0. The van der Waals surface area contributed by atoms with E-state index in [0.717, 1.165) is 34.6 Å². The molecule has 0 radical (unpaired) electrons. The molecule has 2 heterocycles. The molecule has 0 spiro atoms. The standard InChI is InChI=1S/C14H15BrN2OS/c15-12-2-1-11-3-4-17(13(11)9-12)10-14(18)16-5-7-19-8-6-16/h1-4,9H,5-8,10H2. The van der Waals surface area contributed by atoms with E-state index in [1.54, 1.807) is 0 Å². The largest absolute Gasteiger partial charge is 0.339 e. The molecule has 19 heavy (non-hydrogen) atoms. The minimum Gasteiger partial charge on any atom is -0.339 e. The molecule has 1 aliphatic heterocycles. The van der Waals surface area contributed by atoms with Crippen molar-refractivity contribution in [3.05, 3.63) is 34.9 Å². The van der Waals surface area contributed by atoms with Crippen molar-refractivity contribution in [1.82, 2.24) is 9.47 Å². The lowest BCUT2D eigenvalue weighted by Gasteiger charge is -2.26. The lowest BCUT2D eigenvalue weighted by Crippen LogP contribution is -2.39. The Hall–Kier alpha value is -0.940. The molecule has 0 atom stereocenters. The van der Waals surface area contributed by atoms with Crippen molar-refractivity contribution in [2.75, 3.05) is 24.6 Å². The normalized spacial score (nSPS) is 15.9. The fourth-order valence-corrected chi connectivity index (χ4v) is 3.61. The minimum atomic E-state index is 0.220. The molecular formula is C14H15BrN2OS. The van der Waals surface area contributed by atoms with E-state index in [0.29, 0.717) is 6.54 Å². The number of benzene rings is 1. The molecule has 0 aliphatic carbocycles. The topological polar surface area (TPSA) is 25.2 Å². The average molecular weight is 339 g/mol. The second-order valence-corrected chi connectivity index (χ2v) is 6.78. The molecule has 3 rings (SSSR count). The van der Waals surface area contributed by atoms with Crippen molar-refractivity contribution in [3.63, 3.8) is 0 Å². The van der Waals surface area contributed by atoms with Crippen molar-refractivity contribution in [2.45, 2.75) is 6.54 Å². The summed E-state index contributed by atoms with van der Waals surface area (Å²) in [6.45, 7) is 2.20. The van der Waals surface area contributed by atoms with Crippen LogP contribution in [0.5, 0.6) is 0 Å². The predicted molar refractivity (Wildman–Crippen MR) is 83.5 cm³/mol. The highest BCUT2D eigenvalue weighted by Crippen LogP contribution is 2.21. The van der Waals surface area contributed by atoms with E-state index in [4.69, 9.17) is 0 Å². The third-order valence-corrected chi connectivity index (χ3v) is 4.84. The molecule has 1 saturated heterocycles. The van der Waals surface area contributed by atoms with Crippen molar-refractivity contribution in [3.8, 4) is 0 Å². The van der Waals surface area contributed by atoms with Gasteiger partial charge in [0, 0.05) is 40.8 Å². The molecule has 3 nitrogen and oxygen atoms in total. The number of carbonyl (C=O) groups excluding carboxylic acids is 1. The predicted octanol–water partition coefficient (Wildman–Crippen LogP) is 2.98. The lowest BCUT2D eigenvalue weighted by molar-refractivity contribution is -0.131. The van der Waals surface area contributed by atoms with Gasteiger partial charge in [0.2, 0.25) is 5.91 Å². The third-order valence-electron chi connectivity index (χ3n) is 3.41. The molecule has 1 aliphatic rings. The smallest absolute Gasteiger partial charge is 0.242 e. The van der Waals surface area contributed by atoms with Crippen LogP contribution >= 0.6 is 27.7 Å². The zero-order valence-corrected chi connectivity index (χ0v) is 12.9. The van der Waals surface area contributed by atoms with Crippen LogP contribution in [0.4, 0.5) is 0 Å². The first-order valence-electron chi connectivity index (χ1n) is 6.34. The first kappa shape index (κ1) is 13.1. The number of thioether (sulfide) groups is 1. The Morgan fingerprint density at radius 1 is 1.26 bits per heavy atom. The molecule has 1 aromatic heterocycles. The molecule has 0 bridgehead atoms. The van der Waals surface area contributed by atoms with Gasteiger partial charge >= 0.3 is 0 Å². The van der Waals surface area contributed by atoms with Crippen LogP contribution in [0, 0.1) is 0 Å². The van der Waals surface area contributed by atoms with Crippen molar-refractivity contribution >= 4 is 44.5 Å². The molecule has 2 aromatic rings. The number of fused-ring (bicyclic) bond motifs is 1. The maximum Gasteiger partial charge on any atom is 0.242 e. The number of amides is 1. The van der Waals surface area contributed by atoms with E-state index < -0.39 is 0 Å². The second-order valence-electron chi connectivity index (χ2n) is 4.64. The summed E-state index contributed by atoms with van der Waals surface area (Å²) in [6.07, 6.45) is 1.99. The minimum absolute atomic E-state index is 0.220. The summed E-state index contributed by atoms with van der Waals surface area (Å²) in [5.74, 6) is 2.34. The number of halogens is 1. The van der Waals surface area contributed by atoms with Crippen LogP contribution in [0.1, 0.15) is 0 Å². The van der Waals surface area contributed by atoms with Gasteiger partial charge in [-0.05, 0) is 23.6 Å². The molecule has 1 fully saturated rings. The molecule has 5 heteroatoms. The van der Waals surface area contributed by atoms with Gasteiger partial charge in [0.05, 0.1) is 0 Å². The van der Waals surface area contributed by atoms with E-state index in [-0.39, 0.29) is 5.91 Å². The molecule has 0 N–H and O–H groups in total. The summed E-state index contributed by atoms with van der Waals surface area (Å²) in [6, 6.07) is 8.21. The Morgan fingerprint density at radius 3 is 2.84 bits per heavy atom. The van der Waals surface area contributed by atoms with E-state index in [1.165, 1.54) is 5.39 Å². The Labute approximate surface area is 125 Å². The maximum atomic E-state index is 12.3. The highest BCUT2D eigenvalue weighted by molar-refractivity contribution is 9.10. The van der Waals surface area contributed by atoms with Gasteiger partial charge in [-0.15, -0.1) is 0 Å². The summed E-state index contributed by atoms with van der Waals surface area (Å²) in [5.41, 5.74) is 1.11. The molecular weight excluding hydrogens is 324 g/mol. The summed E-state index contributed by atoms with van der Waals surface area (Å²) >= 11 is 5.40. The van der Waals surface area contributed by atoms with E-state index in [1.807, 2.05) is 33.5 Å². The Bertz CT molecular complexity index is 605. The highest BCUT2D eigenvalue weighted by atomic mass is 79.9. The van der Waals surface area contributed by atoms with E-state index in [2.05, 4.69) is 34.1 Å². The van der Waals surface area contributed by atoms with Gasteiger partial charge in [-0.2, -0.15) is 11.8 Å². The number of aromatic nitrogens is 1. The second kappa shape index (κ2) is 5.59. The third kappa shape index (κ3) is 2.82. The van der Waals surface area contributed by atoms with Gasteiger partial charge in [-0.1, -0.05) is 22.0 Å². The summed E-state index contributed by atoms with van der Waals surface area (Å²) in [4.78, 5) is 14.3. The number of nitrogens with zero attached hydrogens (tertiary/aromatic N) is 2. The number of hydrogen-bond donors (Lipinski definition) is 0. The highest BCUT2D eigenvalue weighted by Gasteiger charge is 2.17. The van der Waals surface area contributed by atoms with Gasteiger partial charge in [0.1, 0.15) is 6.54 Å². The molecule has 1 amide bonds. The van der Waals surface area contributed by atoms with Gasteiger partial charge in [-0.25, -0.2) is 0 Å². The van der Waals surface area contributed by atoms with Crippen molar-refractivity contribution in [1.29, 1.82) is 0 Å². The average Bonchev–Trinajstić information content (AvgIpc) is 2.82. The van der Waals surface area contributed by atoms with Crippen LogP contribution < -0.4 is 0 Å². The van der Waals surface area contributed by atoms with Gasteiger partial charge in [0.15, 0.2) is 0 Å². The van der Waals surface area contributed by atoms with Crippen LogP contribution in [0.15, 0.2) is 34.9 Å². The van der Waals surface area contributed by atoms with Gasteiger partial charge < -0.3 is 9.47 Å². The Balaban J connectivity index is 1.80. The molecule has 1 aromatic carbocycles. The summed E-state index contributed by atoms with van der Waals surface area (Å²) < 4.78 is 3.08. The maximum absolute atomic E-state index is 12.3. The summed E-state index contributed by atoms with van der Waals surface area (Å²) in [5, 5.41) is 1.17. The molecule has 0 saturated carbocycles. The van der Waals surface area contributed by atoms with Gasteiger partial charge in [-0.3, -0.25) is 4.79 Å². The van der Waals surface area contributed by atoms with Crippen molar-refractivity contribution in [2.24, 2.45) is 0 Å².